The standard InChI is InChI=1S/C17H18ClNO2/c18-14-2-1-3-16(10-14)21-17-11-19(12-17)9-8-13-4-6-15(20)7-5-13/h1-7,10,17,20H,8-9,11-12H2. The van der Waals surface area contributed by atoms with Crippen LogP contribution in [-0.2, 0) is 6.42 Å². The smallest absolute Gasteiger partial charge is 0.124 e. The lowest BCUT2D eigenvalue weighted by Crippen LogP contribution is -2.54. The molecule has 0 amide bonds. The van der Waals surface area contributed by atoms with Crippen molar-refractivity contribution in [2.45, 2.75) is 12.5 Å². The number of phenolic OH excluding ortho intramolecular Hbond substituents is 1. The Hall–Kier alpha value is -1.71. The van der Waals surface area contributed by atoms with Crippen molar-refractivity contribution in [3.8, 4) is 11.5 Å². The van der Waals surface area contributed by atoms with E-state index in [0.717, 1.165) is 31.8 Å². The molecule has 3 rings (SSSR count). The molecule has 1 fully saturated rings. The average Bonchev–Trinajstić information content (AvgIpc) is 2.43. The largest absolute Gasteiger partial charge is 0.508 e. The molecule has 0 atom stereocenters. The summed E-state index contributed by atoms with van der Waals surface area (Å²) in [5.74, 6) is 1.16. The van der Waals surface area contributed by atoms with Gasteiger partial charge in [0, 0.05) is 24.7 Å². The maximum atomic E-state index is 9.25. The van der Waals surface area contributed by atoms with Crippen molar-refractivity contribution in [3.05, 3.63) is 59.1 Å². The van der Waals surface area contributed by atoms with Gasteiger partial charge >= 0.3 is 0 Å². The van der Waals surface area contributed by atoms with E-state index in [4.69, 9.17) is 16.3 Å². The molecule has 2 aromatic rings. The second-order valence-corrected chi connectivity index (χ2v) is 5.81. The molecule has 3 nitrogen and oxygen atoms in total. The second-order valence-electron chi connectivity index (χ2n) is 5.37. The van der Waals surface area contributed by atoms with E-state index in [1.807, 2.05) is 36.4 Å². The van der Waals surface area contributed by atoms with E-state index >= 15 is 0 Å². The summed E-state index contributed by atoms with van der Waals surface area (Å²) in [7, 11) is 0. The topological polar surface area (TPSA) is 32.7 Å². The van der Waals surface area contributed by atoms with Gasteiger partial charge in [-0.1, -0.05) is 29.8 Å². The van der Waals surface area contributed by atoms with Crippen molar-refractivity contribution in [1.29, 1.82) is 0 Å². The van der Waals surface area contributed by atoms with Gasteiger partial charge in [-0.2, -0.15) is 0 Å². The minimum atomic E-state index is 0.253. The lowest BCUT2D eigenvalue weighted by molar-refractivity contribution is 0.0209. The molecule has 21 heavy (non-hydrogen) atoms. The van der Waals surface area contributed by atoms with Crippen LogP contribution in [0.2, 0.25) is 5.02 Å². The first-order valence-electron chi connectivity index (χ1n) is 7.11. The molecule has 0 radical (unpaired) electrons. The van der Waals surface area contributed by atoms with Gasteiger partial charge in [0.2, 0.25) is 0 Å². The van der Waals surface area contributed by atoms with E-state index in [1.54, 1.807) is 12.1 Å². The first-order chi connectivity index (χ1) is 10.2. The summed E-state index contributed by atoms with van der Waals surface area (Å²) in [6.07, 6.45) is 1.24. The van der Waals surface area contributed by atoms with Crippen molar-refractivity contribution in [1.82, 2.24) is 4.90 Å². The van der Waals surface area contributed by atoms with Crippen LogP contribution in [0.1, 0.15) is 5.56 Å². The molecule has 0 spiro atoms. The minimum Gasteiger partial charge on any atom is -0.508 e. The molecule has 1 saturated heterocycles. The Labute approximate surface area is 129 Å². The molecule has 1 N–H and O–H groups in total. The molecule has 1 aliphatic rings. The van der Waals surface area contributed by atoms with Crippen LogP contribution >= 0.6 is 11.6 Å². The van der Waals surface area contributed by atoms with E-state index in [2.05, 4.69) is 4.90 Å². The molecule has 4 heteroatoms. The van der Waals surface area contributed by atoms with E-state index in [0.29, 0.717) is 10.8 Å². The highest BCUT2D eigenvalue weighted by atomic mass is 35.5. The first-order valence-corrected chi connectivity index (χ1v) is 7.49. The van der Waals surface area contributed by atoms with Gasteiger partial charge in [0.15, 0.2) is 0 Å². The molecule has 0 saturated carbocycles. The quantitative estimate of drug-likeness (QED) is 0.919. The molecular formula is C17H18ClNO2. The Kier molecular flexibility index (Phi) is 4.32. The van der Waals surface area contributed by atoms with E-state index < -0.39 is 0 Å². The highest BCUT2D eigenvalue weighted by molar-refractivity contribution is 6.30. The summed E-state index contributed by atoms with van der Waals surface area (Å²) in [5, 5.41) is 9.95. The van der Waals surface area contributed by atoms with Gasteiger partial charge in [-0.3, -0.25) is 4.90 Å². The van der Waals surface area contributed by atoms with Crippen LogP contribution in [0.4, 0.5) is 0 Å². The van der Waals surface area contributed by atoms with Crippen LogP contribution in [0.25, 0.3) is 0 Å². The second kappa shape index (κ2) is 6.37. The summed E-state index contributed by atoms with van der Waals surface area (Å²) in [6.45, 7) is 2.91. The molecule has 1 aliphatic heterocycles. The minimum absolute atomic E-state index is 0.253. The maximum absolute atomic E-state index is 9.25. The monoisotopic (exact) mass is 303 g/mol. The van der Waals surface area contributed by atoms with Crippen molar-refractivity contribution in [3.63, 3.8) is 0 Å². The summed E-state index contributed by atoms with van der Waals surface area (Å²) >= 11 is 5.94. The summed E-state index contributed by atoms with van der Waals surface area (Å²) in [4.78, 5) is 2.36. The number of likely N-dealkylation sites (tertiary alicyclic amines) is 1. The van der Waals surface area contributed by atoms with Crippen LogP contribution in [0.15, 0.2) is 48.5 Å². The molecule has 0 bridgehead atoms. The predicted octanol–water partition coefficient (Wildman–Crippen LogP) is 3.35. The van der Waals surface area contributed by atoms with Crippen molar-refractivity contribution in [2.75, 3.05) is 19.6 Å². The number of hydrogen-bond donors (Lipinski definition) is 1. The summed E-state index contributed by atoms with van der Waals surface area (Å²) in [5.41, 5.74) is 1.24. The van der Waals surface area contributed by atoms with Gasteiger partial charge in [-0.05, 0) is 42.3 Å². The van der Waals surface area contributed by atoms with Crippen LogP contribution in [-0.4, -0.2) is 35.7 Å². The van der Waals surface area contributed by atoms with Gasteiger partial charge in [0.25, 0.3) is 0 Å². The summed E-state index contributed by atoms with van der Waals surface area (Å²) in [6, 6.07) is 14.9. The molecule has 0 aromatic heterocycles. The van der Waals surface area contributed by atoms with Gasteiger partial charge in [0.05, 0.1) is 0 Å². The zero-order valence-electron chi connectivity index (χ0n) is 11.7. The average molecular weight is 304 g/mol. The number of ether oxygens (including phenoxy) is 1. The number of nitrogens with zero attached hydrogens (tertiary/aromatic N) is 1. The first kappa shape index (κ1) is 14.2. The number of rotatable bonds is 5. The van der Waals surface area contributed by atoms with Crippen LogP contribution in [0.5, 0.6) is 11.5 Å². The van der Waals surface area contributed by atoms with Gasteiger partial charge < -0.3 is 9.84 Å². The third kappa shape index (κ3) is 3.90. The highest BCUT2D eigenvalue weighted by Crippen LogP contribution is 2.21. The van der Waals surface area contributed by atoms with Gasteiger partial charge in [0.1, 0.15) is 17.6 Å². The Bertz CT molecular complexity index is 594. The van der Waals surface area contributed by atoms with Crippen LogP contribution < -0.4 is 4.74 Å². The SMILES string of the molecule is Oc1ccc(CCN2CC(Oc3cccc(Cl)c3)C2)cc1. The van der Waals surface area contributed by atoms with E-state index in [1.165, 1.54) is 5.56 Å². The molecule has 1 heterocycles. The van der Waals surface area contributed by atoms with Gasteiger partial charge in [-0.15, -0.1) is 0 Å². The van der Waals surface area contributed by atoms with Crippen molar-refractivity contribution >= 4 is 11.6 Å². The fraction of sp³-hybridized carbons (Fsp3) is 0.294. The number of aromatic hydroxyl groups is 1. The van der Waals surface area contributed by atoms with Crippen molar-refractivity contribution in [2.24, 2.45) is 0 Å². The summed E-state index contributed by atoms with van der Waals surface area (Å²) < 4.78 is 5.87. The fourth-order valence-electron chi connectivity index (χ4n) is 2.46. The van der Waals surface area contributed by atoms with Crippen molar-refractivity contribution < 1.29 is 9.84 Å². The molecule has 0 unspecified atom stereocenters. The normalized spacial score (nSPS) is 15.7. The Balaban J connectivity index is 1.41. The highest BCUT2D eigenvalue weighted by Gasteiger charge is 2.27. The number of phenols is 1. The maximum Gasteiger partial charge on any atom is 0.124 e. The molecule has 2 aromatic carbocycles. The Morgan fingerprint density at radius 2 is 1.90 bits per heavy atom. The van der Waals surface area contributed by atoms with E-state index in [-0.39, 0.29) is 6.10 Å². The zero-order chi connectivity index (χ0) is 14.7. The number of hydrogen-bond acceptors (Lipinski definition) is 3. The lowest BCUT2D eigenvalue weighted by atomic mass is 10.1. The third-order valence-corrected chi connectivity index (χ3v) is 3.91. The lowest BCUT2D eigenvalue weighted by Gasteiger charge is -2.39. The molecular weight excluding hydrogens is 286 g/mol. The molecule has 110 valence electrons. The third-order valence-electron chi connectivity index (χ3n) is 3.68. The number of benzene rings is 2. The Morgan fingerprint density at radius 1 is 1.14 bits per heavy atom. The van der Waals surface area contributed by atoms with Crippen LogP contribution in [0, 0.1) is 0 Å². The zero-order valence-corrected chi connectivity index (χ0v) is 12.5. The molecule has 0 aliphatic carbocycles. The predicted molar refractivity (Wildman–Crippen MR) is 84.1 cm³/mol. The van der Waals surface area contributed by atoms with Crippen LogP contribution in [0.3, 0.4) is 0 Å². The van der Waals surface area contributed by atoms with E-state index in [9.17, 15) is 5.11 Å². The van der Waals surface area contributed by atoms with Gasteiger partial charge in [-0.25, -0.2) is 0 Å². The fourth-order valence-corrected chi connectivity index (χ4v) is 2.64. The Morgan fingerprint density at radius 3 is 2.62 bits per heavy atom. The number of halogens is 1.